The van der Waals surface area contributed by atoms with Crippen molar-refractivity contribution < 1.29 is 22.7 Å². The van der Waals surface area contributed by atoms with Crippen molar-refractivity contribution in [3.8, 4) is 11.8 Å². The number of hydrogen-bond acceptors (Lipinski definition) is 7. The van der Waals surface area contributed by atoms with Crippen molar-refractivity contribution in [2.24, 2.45) is 5.92 Å². The van der Waals surface area contributed by atoms with E-state index in [0.29, 0.717) is 30.8 Å². The standard InChI is InChI=1S/C26H23F3N8O2/c27-26(28,29)23-9-20(5-7-31-23)37-14-19(33-34-37)13-35-15-25(39-24(35)38)6-1-2-18(10-25)12-36-16-32-21-4-3-17(11-30)8-22(21)36/h3-5,7-9,14,16,18H,1-2,6,10,12-13,15H2/t18-,25-/m0/s1. The van der Waals surface area contributed by atoms with E-state index < -0.39 is 23.6 Å². The van der Waals surface area contributed by atoms with Gasteiger partial charge in [0.2, 0.25) is 0 Å². The van der Waals surface area contributed by atoms with Crippen LogP contribution < -0.4 is 0 Å². The number of pyridine rings is 1. The SMILES string of the molecule is N#Cc1ccc2ncn(C[C@H]3CCC[C@]4(C3)CN(Cc3cn(-c5ccnc(C(F)(F)F)c5)nn3)C(=O)O4)c2c1. The van der Waals surface area contributed by atoms with Gasteiger partial charge in [-0.2, -0.15) is 18.4 Å². The Kier molecular flexibility index (Phi) is 5.97. The molecule has 1 saturated carbocycles. The highest BCUT2D eigenvalue weighted by Crippen LogP contribution is 2.41. The topological polar surface area (TPSA) is 115 Å². The van der Waals surface area contributed by atoms with Crippen molar-refractivity contribution in [2.45, 2.75) is 50.6 Å². The van der Waals surface area contributed by atoms with E-state index in [1.165, 1.54) is 16.9 Å². The number of alkyl halides is 3. The molecule has 13 heteroatoms. The molecule has 4 aromatic rings. The molecule has 10 nitrogen and oxygen atoms in total. The molecule has 1 saturated heterocycles. The van der Waals surface area contributed by atoms with Crippen LogP contribution in [0.4, 0.5) is 18.0 Å². The average molecular weight is 537 g/mol. The van der Waals surface area contributed by atoms with E-state index >= 15 is 0 Å². The minimum atomic E-state index is -4.57. The Hall–Kier alpha value is -4.47. The van der Waals surface area contributed by atoms with Gasteiger partial charge < -0.3 is 9.30 Å². The Morgan fingerprint density at radius 1 is 1.21 bits per heavy atom. The fraction of sp³-hybridized carbons (Fsp3) is 0.385. The number of hydrogen-bond donors (Lipinski definition) is 0. The Morgan fingerprint density at radius 3 is 2.90 bits per heavy atom. The summed E-state index contributed by atoms with van der Waals surface area (Å²) in [4.78, 5) is 22.2. The minimum absolute atomic E-state index is 0.131. The molecular formula is C26H23F3N8O2. The van der Waals surface area contributed by atoms with Crippen molar-refractivity contribution in [1.82, 2.24) is 34.4 Å². The molecule has 200 valence electrons. The van der Waals surface area contributed by atoms with Gasteiger partial charge >= 0.3 is 12.3 Å². The molecule has 0 radical (unpaired) electrons. The van der Waals surface area contributed by atoms with Crippen molar-refractivity contribution >= 4 is 17.1 Å². The van der Waals surface area contributed by atoms with Crippen molar-refractivity contribution in [3.63, 3.8) is 0 Å². The fourth-order valence-electron chi connectivity index (χ4n) is 5.61. The van der Waals surface area contributed by atoms with Gasteiger partial charge in [-0.1, -0.05) is 5.21 Å². The van der Waals surface area contributed by atoms with Crippen LogP contribution in [0.2, 0.25) is 0 Å². The first-order valence-electron chi connectivity index (χ1n) is 12.5. The highest BCUT2D eigenvalue weighted by atomic mass is 19.4. The number of amides is 1. The van der Waals surface area contributed by atoms with E-state index in [1.54, 1.807) is 17.3 Å². The zero-order chi connectivity index (χ0) is 27.2. The third-order valence-corrected chi connectivity index (χ3v) is 7.34. The summed E-state index contributed by atoms with van der Waals surface area (Å²) in [6, 6.07) is 9.88. The Morgan fingerprint density at radius 2 is 2.08 bits per heavy atom. The average Bonchev–Trinajstić information content (AvgIpc) is 3.62. The molecule has 1 aliphatic carbocycles. The highest BCUT2D eigenvalue weighted by molar-refractivity contribution is 5.77. The van der Waals surface area contributed by atoms with Gasteiger partial charge in [0.05, 0.1) is 54.0 Å². The molecule has 1 amide bonds. The first-order valence-corrected chi connectivity index (χ1v) is 12.5. The quantitative estimate of drug-likeness (QED) is 0.369. The molecule has 0 N–H and O–H groups in total. The largest absolute Gasteiger partial charge is 0.441 e. The second kappa shape index (κ2) is 9.37. The summed E-state index contributed by atoms with van der Waals surface area (Å²) in [6.07, 6.45) is 2.65. The number of rotatable bonds is 5. The van der Waals surface area contributed by atoms with Crippen LogP contribution in [0.3, 0.4) is 0 Å². The highest BCUT2D eigenvalue weighted by Gasteiger charge is 2.48. The lowest BCUT2D eigenvalue weighted by molar-refractivity contribution is -0.141. The Balaban J connectivity index is 1.13. The van der Waals surface area contributed by atoms with E-state index in [2.05, 4.69) is 30.9 Å². The van der Waals surface area contributed by atoms with Crippen LogP contribution in [-0.4, -0.2) is 52.7 Å². The van der Waals surface area contributed by atoms with E-state index in [0.717, 1.165) is 42.6 Å². The summed E-state index contributed by atoms with van der Waals surface area (Å²) >= 11 is 0. The maximum Gasteiger partial charge on any atom is 0.433 e. The Bertz CT molecular complexity index is 1590. The number of halogens is 3. The van der Waals surface area contributed by atoms with Gasteiger partial charge in [0, 0.05) is 12.7 Å². The summed E-state index contributed by atoms with van der Waals surface area (Å²) in [5.41, 5.74) is 1.26. The molecule has 1 spiro atoms. The van der Waals surface area contributed by atoms with E-state index in [4.69, 9.17) is 4.74 Å². The fourth-order valence-corrected chi connectivity index (χ4v) is 5.61. The van der Waals surface area contributed by atoms with Crippen LogP contribution in [0.25, 0.3) is 16.7 Å². The van der Waals surface area contributed by atoms with Gasteiger partial charge in [0.25, 0.3) is 0 Å². The number of nitrogens with zero attached hydrogens (tertiary/aromatic N) is 8. The lowest BCUT2D eigenvalue weighted by atomic mass is 9.78. The minimum Gasteiger partial charge on any atom is -0.441 e. The lowest BCUT2D eigenvalue weighted by Crippen LogP contribution is -2.40. The number of nitriles is 1. The van der Waals surface area contributed by atoms with Gasteiger partial charge in [-0.3, -0.25) is 9.88 Å². The van der Waals surface area contributed by atoms with Gasteiger partial charge in [-0.15, -0.1) is 5.10 Å². The van der Waals surface area contributed by atoms with Crippen molar-refractivity contribution in [1.29, 1.82) is 5.26 Å². The molecule has 1 aliphatic heterocycles. The molecule has 6 rings (SSSR count). The number of aromatic nitrogens is 6. The molecule has 3 aromatic heterocycles. The molecule has 2 atom stereocenters. The molecule has 39 heavy (non-hydrogen) atoms. The zero-order valence-electron chi connectivity index (χ0n) is 20.7. The molecule has 2 fully saturated rings. The monoisotopic (exact) mass is 536 g/mol. The number of imidazole rings is 1. The molecule has 2 aliphatic rings. The van der Waals surface area contributed by atoms with Gasteiger partial charge in [-0.25, -0.2) is 14.5 Å². The van der Waals surface area contributed by atoms with Crippen LogP contribution in [0.5, 0.6) is 0 Å². The number of fused-ring (bicyclic) bond motifs is 1. The normalized spacial score (nSPS) is 21.4. The van der Waals surface area contributed by atoms with Crippen LogP contribution >= 0.6 is 0 Å². The third kappa shape index (κ3) is 4.89. The van der Waals surface area contributed by atoms with E-state index in [1.807, 2.05) is 12.1 Å². The van der Waals surface area contributed by atoms with Crippen LogP contribution in [0.1, 0.15) is 42.6 Å². The van der Waals surface area contributed by atoms with Crippen LogP contribution in [0.15, 0.2) is 49.1 Å². The Labute approximate surface area is 220 Å². The first-order chi connectivity index (χ1) is 18.7. The van der Waals surface area contributed by atoms with Gasteiger partial charge in [0.1, 0.15) is 17.0 Å². The maximum absolute atomic E-state index is 13.0. The second-order valence-electron chi connectivity index (χ2n) is 10.1. The molecule has 4 heterocycles. The molecule has 0 bridgehead atoms. The summed E-state index contributed by atoms with van der Waals surface area (Å²) < 4.78 is 48.3. The number of benzene rings is 1. The van der Waals surface area contributed by atoms with Crippen LogP contribution in [-0.2, 0) is 24.0 Å². The van der Waals surface area contributed by atoms with Gasteiger partial charge in [-0.05, 0) is 61.9 Å². The lowest BCUT2D eigenvalue weighted by Gasteiger charge is -2.36. The maximum atomic E-state index is 13.0. The summed E-state index contributed by atoms with van der Waals surface area (Å²) in [7, 11) is 0. The van der Waals surface area contributed by atoms with Gasteiger partial charge in [0.15, 0.2) is 0 Å². The van der Waals surface area contributed by atoms with Crippen molar-refractivity contribution in [2.75, 3.05) is 6.54 Å². The number of carbonyl (C=O) groups excluding carboxylic acids is 1. The number of ether oxygens (including phenoxy) is 1. The van der Waals surface area contributed by atoms with E-state index in [-0.39, 0.29) is 18.2 Å². The first kappa shape index (κ1) is 24.8. The number of carbonyl (C=O) groups is 1. The molecule has 0 unspecified atom stereocenters. The summed E-state index contributed by atoms with van der Waals surface area (Å²) in [6.45, 7) is 1.22. The van der Waals surface area contributed by atoms with Crippen molar-refractivity contribution in [3.05, 3.63) is 66.0 Å². The van der Waals surface area contributed by atoms with Crippen LogP contribution in [0, 0.1) is 17.2 Å². The predicted octanol–water partition coefficient (Wildman–Crippen LogP) is 4.48. The molecular weight excluding hydrogens is 513 g/mol. The predicted molar refractivity (Wildman–Crippen MR) is 130 cm³/mol. The smallest absolute Gasteiger partial charge is 0.433 e. The summed E-state index contributed by atoms with van der Waals surface area (Å²) in [5, 5.41) is 17.2. The third-order valence-electron chi connectivity index (χ3n) is 7.34. The molecule has 1 aromatic carbocycles. The summed E-state index contributed by atoms with van der Waals surface area (Å²) in [5.74, 6) is 0.255. The zero-order valence-corrected chi connectivity index (χ0v) is 20.7. The second-order valence-corrected chi connectivity index (χ2v) is 10.1. The van der Waals surface area contributed by atoms with E-state index in [9.17, 15) is 23.2 Å².